The van der Waals surface area contributed by atoms with Gasteiger partial charge in [-0.2, -0.15) is 5.10 Å². The second-order valence-electron chi connectivity index (χ2n) is 10.4. The van der Waals surface area contributed by atoms with Gasteiger partial charge in [0.2, 0.25) is 0 Å². The third kappa shape index (κ3) is 4.65. The van der Waals surface area contributed by atoms with E-state index in [1.54, 1.807) is 0 Å². The lowest BCUT2D eigenvalue weighted by atomic mass is 9.81. The van der Waals surface area contributed by atoms with Crippen LogP contribution in [0.15, 0.2) is 84.5 Å². The molecule has 0 bridgehead atoms. The summed E-state index contributed by atoms with van der Waals surface area (Å²) in [6.07, 6.45) is 11.6. The molecule has 3 aromatic rings. The molecule has 6 rings (SSSR count). The fourth-order valence-electron chi connectivity index (χ4n) is 5.77. The molecular weight excluding hydrogens is 430 g/mol. The molecule has 0 amide bonds. The maximum Gasteiger partial charge on any atom is 0.143 e. The van der Waals surface area contributed by atoms with E-state index >= 15 is 0 Å². The lowest BCUT2D eigenvalue weighted by Gasteiger charge is -2.25. The van der Waals surface area contributed by atoms with Gasteiger partial charge in [-0.25, -0.2) is 0 Å². The number of fused-ring (bicyclic) bond motifs is 1. The van der Waals surface area contributed by atoms with E-state index in [1.807, 2.05) is 0 Å². The number of aromatic nitrogens is 2. The number of hydrogen-bond donors (Lipinski definition) is 1. The summed E-state index contributed by atoms with van der Waals surface area (Å²) in [5.74, 6) is 1.02. The highest BCUT2D eigenvalue weighted by Gasteiger charge is 2.46. The highest BCUT2D eigenvalue weighted by Crippen LogP contribution is 2.45. The van der Waals surface area contributed by atoms with Crippen molar-refractivity contribution in [2.75, 3.05) is 0 Å². The second-order valence-corrected chi connectivity index (χ2v) is 10.4. The molecule has 5 unspecified atom stereocenters. The molecule has 2 heterocycles. The molecule has 1 aliphatic heterocycles. The predicted octanol–water partition coefficient (Wildman–Crippen LogP) is 6.30. The smallest absolute Gasteiger partial charge is 0.143 e. The first-order chi connectivity index (χ1) is 17.2. The van der Waals surface area contributed by atoms with Gasteiger partial charge in [0, 0.05) is 23.2 Å². The summed E-state index contributed by atoms with van der Waals surface area (Å²) in [4.78, 5) is 0. The fourth-order valence-corrected chi connectivity index (χ4v) is 5.77. The van der Waals surface area contributed by atoms with Gasteiger partial charge in [-0.1, -0.05) is 85.8 Å². The van der Waals surface area contributed by atoms with Crippen LogP contribution in [0.5, 0.6) is 0 Å². The Balaban J connectivity index is 1.29. The van der Waals surface area contributed by atoms with Crippen LogP contribution in [0.4, 0.5) is 0 Å². The number of nitrogens with one attached hydrogen (secondary N) is 1. The molecule has 0 radical (unpaired) electrons. The van der Waals surface area contributed by atoms with Crippen molar-refractivity contribution in [1.82, 2.24) is 15.1 Å². The molecule has 2 aromatic carbocycles. The summed E-state index contributed by atoms with van der Waals surface area (Å²) in [6.45, 7) is 5.29. The quantitative estimate of drug-likeness (QED) is 0.417. The molecule has 1 N–H and O–H groups in total. The normalized spacial score (nSPS) is 26.2. The summed E-state index contributed by atoms with van der Waals surface area (Å²) < 4.78 is 8.49. The standard InChI is InChI=1S/C31H35N3O/c1-21-16-18-24(19-17-21)22(2)32-31-30(35-31)28-27-15-9-14-26(25-12-7-4-8-13-25)29(27)34(33-28)20-23-10-5-3-6-11-23/h3-8,10-13,16,18-19,21-22,26,30-32H,9,14-15,17,20H2,1-2H3. The number of epoxide rings is 1. The SMILES string of the molecule is CC1C=CC(C(C)NC2OC2c2nn(Cc3ccccc3)c3c2CCCC3c2ccccc2)=CC1. The Kier molecular flexibility index (Phi) is 6.17. The predicted molar refractivity (Wildman–Crippen MR) is 140 cm³/mol. The molecular formula is C31H35N3O. The number of hydrogen-bond acceptors (Lipinski definition) is 3. The lowest BCUT2D eigenvalue weighted by Crippen LogP contribution is -2.31. The topological polar surface area (TPSA) is 42.4 Å². The van der Waals surface area contributed by atoms with Crippen LogP contribution in [-0.2, 0) is 17.7 Å². The van der Waals surface area contributed by atoms with Gasteiger partial charge in [0.25, 0.3) is 0 Å². The molecule has 1 fully saturated rings. The number of benzene rings is 2. The third-order valence-electron chi connectivity index (χ3n) is 7.77. The van der Waals surface area contributed by atoms with Gasteiger partial charge in [0.1, 0.15) is 12.3 Å². The van der Waals surface area contributed by atoms with Crippen LogP contribution >= 0.6 is 0 Å². The van der Waals surface area contributed by atoms with Crippen LogP contribution < -0.4 is 5.32 Å². The molecule has 5 atom stereocenters. The minimum Gasteiger partial charge on any atom is -0.346 e. The van der Waals surface area contributed by atoms with Gasteiger partial charge in [-0.05, 0) is 55.2 Å². The Hall–Kier alpha value is -2.95. The summed E-state index contributed by atoms with van der Waals surface area (Å²) in [5, 5.41) is 8.93. The van der Waals surface area contributed by atoms with Gasteiger partial charge in [-0.3, -0.25) is 10.00 Å². The van der Waals surface area contributed by atoms with Crippen molar-refractivity contribution >= 4 is 0 Å². The highest BCUT2D eigenvalue weighted by atomic mass is 16.6. The van der Waals surface area contributed by atoms with Crippen molar-refractivity contribution in [3.63, 3.8) is 0 Å². The first kappa shape index (κ1) is 22.5. The minimum absolute atomic E-state index is 0.0277. The van der Waals surface area contributed by atoms with Crippen LogP contribution in [0.2, 0.25) is 0 Å². The second kappa shape index (κ2) is 9.60. The van der Waals surface area contributed by atoms with Crippen molar-refractivity contribution in [3.05, 3.63) is 113 Å². The van der Waals surface area contributed by atoms with E-state index in [-0.39, 0.29) is 18.4 Å². The number of nitrogens with zero attached hydrogens (tertiary/aromatic N) is 2. The van der Waals surface area contributed by atoms with E-state index in [1.165, 1.54) is 40.8 Å². The Morgan fingerprint density at radius 3 is 2.60 bits per heavy atom. The summed E-state index contributed by atoms with van der Waals surface area (Å²) in [5.41, 5.74) is 7.97. The van der Waals surface area contributed by atoms with E-state index in [0.29, 0.717) is 11.8 Å². The molecule has 4 heteroatoms. The van der Waals surface area contributed by atoms with E-state index in [0.717, 1.165) is 25.1 Å². The Morgan fingerprint density at radius 2 is 1.86 bits per heavy atom. The van der Waals surface area contributed by atoms with Crippen LogP contribution in [0, 0.1) is 5.92 Å². The zero-order valence-electron chi connectivity index (χ0n) is 20.7. The van der Waals surface area contributed by atoms with Crippen molar-refractivity contribution in [2.24, 2.45) is 5.92 Å². The molecule has 4 nitrogen and oxygen atoms in total. The summed E-state index contributed by atoms with van der Waals surface area (Å²) in [6, 6.07) is 21.9. The van der Waals surface area contributed by atoms with Gasteiger partial charge < -0.3 is 4.74 Å². The average Bonchev–Trinajstić information content (AvgIpc) is 3.56. The summed E-state index contributed by atoms with van der Waals surface area (Å²) in [7, 11) is 0. The van der Waals surface area contributed by atoms with Crippen LogP contribution in [0.3, 0.4) is 0 Å². The zero-order valence-corrected chi connectivity index (χ0v) is 20.7. The fraction of sp³-hybridized carbons (Fsp3) is 0.387. The number of allylic oxidation sites excluding steroid dienone is 2. The van der Waals surface area contributed by atoms with E-state index in [4.69, 9.17) is 9.84 Å². The minimum atomic E-state index is 0.0277. The largest absolute Gasteiger partial charge is 0.346 e. The van der Waals surface area contributed by atoms with Crippen molar-refractivity contribution in [1.29, 1.82) is 0 Å². The molecule has 0 saturated carbocycles. The molecule has 0 spiro atoms. The molecule has 2 aliphatic carbocycles. The van der Waals surface area contributed by atoms with Crippen LogP contribution in [-0.4, -0.2) is 22.1 Å². The Labute approximate surface area is 208 Å². The van der Waals surface area contributed by atoms with Crippen LogP contribution in [0.1, 0.15) is 73.2 Å². The molecule has 3 aliphatic rings. The molecule has 1 aromatic heterocycles. The van der Waals surface area contributed by atoms with Gasteiger partial charge in [0.05, 0.1) is 12.2 Å². The van der Waals surface area contributed by atoms with Crippen molar-refractivity contribution in [2.45, 2.75) is 70.4 Å². The van der Waals surface area contributed by atoms with Gasteiger partial charge in [-0.15, -0.1) is 0 Å². The van der Waals surface area contributed by atoms with Gasteiger partial charge in [0.15, 0.2) is 0 Å². The number of ether oxygens (including phenoxy) is 1. The monoisotopic (exact) mass is 465 g/mol. The third-order valence-corrected chi connectivity index (χ3v) is 7.77. The maximum atomic E-state index is 6.22. The van der Waals surface area contributed by atoms with E-state index in [9.17, 15) is 0 Å². The van der Waals surface area contributed by atoms with Crippen LogP contribution in [0.25, 0.3) is 0 Å². The molecule has 180 valence electrons. The maximum absolute atomic E-state index is 6.22. The molecule has 35 heavy (non-hydrogen) atoms. The Bertz CT molecular complexity index is 1230. The van der Waals surface area contributed by atoms with Crippen molar-refractivity contribution in [3.8, 4) is 0 Å². The Morgan fingerprint density at radius 1 is 1.09 bits per heavy atom. The zero-order chi connectivity index (χ0) is 23.8. The number of rotatable bonds is 7. The summed E-state index contributed by atoms with van der Waals surface area (Å²) >= 11 is 0. The first-order valence-electron chi connectivity index (χ1n) is 13.2. The lowest BCUT2D eigenvalue weighted by molar-refractivity contribution is 0.336. The highest BCUT2D eigenvalue weighted by molar-refractivity contribution is 5.41. The van der Waals surface area contributed by atoms with E-state index in [2.05, 4.69) is 103 Å². The first-order valence-corrected chi connectivity index (χ1v) is 13.2. The molecule has 1 saturated heterocycles. The average molecular weight is 466 g/mol. The van der Waals surface area contributed by atoms with Crippen molar-refractivity contribution < 1.29 is 4.74 Å². The van der Waals surface area contributed by atoms with E-state index < -0.39 is 0 Å². The van der Waals surface area contributed by atoms with Gasteiger partial charge >= 0.3 is 0 Å².